The predicted molar refractivity (Wildman–Crippen MR) is 123 cm³/mol. The minimum Gasteiger partial charge on any atom is -0.465 e. The average molecular weight is 516 g/mol. The Morgan fingerprint density at radius 3 is 2.21 bits per heavy atom. The predicted octanol–water partition coefficient (Wildman–Crippen LogP) is 3.68. The van der Waals surface area contributed by atoms with E-state index in [0.29, 0.717) is 17.5 Å². The first-order chi connectivity index (χ1) is 15.9. The van der Waals surface area contributed by atoms with Crippen LogP contribution in [-0.4, -0.2) is 43.3 Å². The number of rotatable bonds is 6. The van der Waals surface area contributed by atoms with Crippen molar-refractivity contribution >= 4 is 33.8 Å². The fourth-order valence-electron chi connectivity index (χ4n) is 5.22. The molecule has 0 saturated carbocycles. The van der Waals surface area contributed by atoms with Gasteiger partial charge in [0.05, 0.1) is 25.9 Å². The molecule has 0 amide bonds. The third-order valence-corrected chi connectivity index (χ3v) is 6.93. The highest BCUT2D eigenvalue weighted by Crippen LogP contribution is 2.61. The van der Waals surface area contributed by atoms with Crippen LogP contribution in [0.1, 0.15) is 43.4 Å². The van der Waals surface area contributed by atoms with Crippen LogP contribution in [0, 0.1) is 5.41 Å². The maximum absolute atomic E-state index is 13.9. The first kappa shape index (κ1) is 23.4. The number of carbonyl (C=O) groups excluding carboxylic acids is 3. The molecule has 2 aliphatic rings. The van der Waals surface area contributed by atoms with Gasteiger partial charge in [0.25, 0.3) is 0 Å². The van der Waals surface area contributed by atoms with Crippen molar-refractivity contribution in [2.24, 2.45) is 5.41 Å². The Morgan fingerprint density at radius 2 is 1.67 bits per heavy atom. The van der Waals surface area contributed by atoms with Crippen LogP contribution in [0.3, 0.4) is 0 Å². The van der Waals surface area contributed by atoms with E-state index in [1.807, 2.05) is 54.6 Å². The second kappa shape index (κ2) is 9.27. The molecule has 4 rings (SSSR count). The normalized spacial score (nSPS) is 25.6. The molecule has 2 aromatic carbocycles. The van der Waals surface area contributed by atoms with Crippen LogP contribution < -0.4 is 5.32 Å². The Hall–Kier alpha value is -2.71. The zero-order valence-corrected chi connectivity index (χ0v) is 20.1. The number of hydrogen-bond acceptors (Lipinski definition) is 7. The molecule has 1 spiro atoms. The van der Waals surface area contributed by atoms with E-state index in [4.69, 9.17) is 14.2 Å². The first-order valence-corrected chi connectivity index (χ1v) is 11.8. The lowest BCUT2D eigenvalue weighted by Crippen LogP contribution is -2.52. The number of nitrogens with one attached hydrogen (secondary N) is 1. The van der Waals surface area contributed by atoms with Crippen molar-refractivity contribution in [2.75, 3.05) is 19.8 Å². The number of benzene rings is 2. The molecular formula is C25H26BrNO6. The first-order valence-electron chi connectivity index (χ1n) is 11.0. The Kier molecular flexibility index (Phi) is 6.59. The molecule has 2 aromatic rings. The summed E-state index contributed by atoms with van der Waals surface area (Å²) in [7, 11) is 0. The van der Waals surface area contributed by atoms with Gasteiger partial charge in [-0.25, -0.2) is 0 Å². The van der Waals surface area contributed by atoms with Crippen LogP contribution in [0.15, 0.2) is 59.1 Å². The number of ether oxygens (including phenoxy) is 3. The molecule has 33 heavy (non-hydrogen) atoms. The second-order valence-electron chi connectivity index (χ2n) is 8.14. The summed E-state index contributed by atoms with van der Waals surface area (Å²) in [4.78, 5) is 41.0. The maximum atomic E-state index is 13.9. The molecule has 0 aromatic heterocycles. The van der Waals surface area contributed by atoms with E-state index < -0.39 is 40.8 Å². The number of hydrogen-bond donors (Lipinski definition) is 1. The van der Waals surface area contributed by atoms with Gasteiger partial charge in [0.1, 0.15) is 5.54 Å². The van der Waals surface area contributed by atoms with Gasteiger partial charge in [0.2, 0.25) is 0 Å². The van der Waals surface area contributed by atoms with E-state index in [0.717, 1.165) is 4.47 Å². The third-order valence-electron chi connectivity index (χ3n) is 6.44. The van der Waals surface area contributed by atoms with E-state index in [9.17, 15) is 14.4 Å². The average Bonchev–Trinajstić information content (AvgIpc) is 3.33. The summed E-state index contributed by atoms with van der Waals surface area (Å²) in [5, 5.41) is 3.38. The summed E-state index contributed by atoms with van der Waals surface area (Å²) in [5.74, 6) is -2.87. The van der Waals surface area contributed by atoms with Gasteiger partial charge in [-0.1, -0.05) is 58.4 Å². The lowest BCUT2D eigenvalue weighted by Gasteiger charge is -2.37. The molecule has 1 N–H and O–H groups in total. The van der Waals surface area contributed by atoms with Crippen molar-refractivity contribution < 1.29 is 28.6 Å². The summed E-state index contributed by atoms with van der Waals surface area (Å²) >= 11 is 3.49. The van der Waals surface area contributed by atoms with Crippen molar-refractivity contribution in [3.8, 4) is 0 Å². The van der Waals surface area contributed by atoms with Crippen molar-refractivity contribution in [1.29, 1.82) is 0 Å². The Morgan fingerprint density at radius 1 is 1.03 bits per heavy atom. The molecule has 7 nitrogen and oxygen atoms in total. The van der Waals surface area contributed by atoms with E-state index in [-0.39, 0.29) is 19.8 Å². The zero-order chi connectivity index (χ0) is 23.6. The monoisotopic (exact) mass is 515 g/mol. The highest BCUT2D eigenvalue weighted by molar-refractivity contribution is 9.10. The van der Waals surface area contributed by atoms with Gasteiger partial charge in [-0.05, 0) is 37.1 Å². The van der Waals surface area contributed by atoms with Gasteiger partial charge in [0, 0.05) is 16.8 Å². The quantitative estimate of drug-likeness (QED) is 0.356. The molecule has 0 bridgehead atoms. The van der Waals surface area contributed by atoms with Gasteiger partial charge >= 0.3 is 17.9 Å². The van der Waals surface area contributed by atoms with Gasteiger partial charge in [-0.3, -0.25) is 19.7 Å². The fraction of sp³-hybridized carbons (Fsp3) is 0.400. The lowest BCUT2D eigenvalue weighted by atomic mass is 9.62. The molecule has 1 unspecified atom stereocenters. The number of cyclic esters (lactones) is 1. The summed E-state index contributed by atoms with van der Waals surface area (Å²) in [5.41, 5.74) is -1.84. The Bertz CT molecular complexity index is 1040. The van der Waals surface area contributed by atoms with Crippen molar-refractivity contribution in [1.82, 2.24) is 5.32 Å². The van der Waals surface area contributed by atoms with Crippen LogP contribution in [0.4, 0.5) is 0 Å². The van der Waals surface area contributed by atoms with Gasteiger partial charge in [0.15, 0.2) is 5.41 Å². The molecule has 8 heteroatoms. The largest absolute Gasteiger partial charge is 0.465 e. The van der Waals surface area contributed by atoms with Crippen LogP contribution in [0.5, 0.6) is 0 Å². The summed E-state index contributed by atoms with van der Waals surface area (Å²) in [6.07, 6.45) is 0.299. The molecule has 174 valence electrons. The molecule has 0 aliphatic carbocycles. The molecule has 2 aliphatic heterocycles. The van der Waals surface area contributed by atoms with Gasteiger partial charge in [-0.15, -0.1) is 0 Å². The second-order valence-corrected chi connectivity index (χ2v) is 9.06. The molecule has 3 atom stereocenters. The lowest BCUT2D eigenvalue weighted by molar-refractivity contribution is -0.175. The minimum absolute atomic E-state index is 0.0736. The van der Waals surface area contributed by atoms with Crippen LogP contribution >= 0.6 is 15.9 Å². The maximum Gasteiger partial charge on any atom is 0.327 e. The molecular weight excluding hydrogens is 490 g/mol. The SMILES string of the molecule is CCOC(=O)C1(C(=O)OCC)C(c2cccc(Br)c2)[C@@]2(CCOC2=O)N[C@@H]1c1ccccc1. The topological polar surface area (TPSA) is 90.9 Å². The van der Waals surface area contributed by atoms with E-state index in [1.165, 1.54) is 0 Å². The van der Waals surface area contributed by atoms with Crippen molar-refractivity contribution in [3.05, 3.63) is 70.2 Å². The smallest absolute Gasteiger partial charge is 0.327 e. The highest BCUT2D eigenvalue weighted by atomic mass is 79.9. The van der Waals surface area contributed by atoms with E-state index >= 15 is 0 Å². The fourth-order valence-corrected chi connectivity index (χ4v) is 5.64. The number of carbonyl (C=O) groups is 3. The van der Waals surface area contributed by atoms with Gasteiger partial charge < -0.3 is 14.2 Å². The number of esters is 3. The zero-order valence-electron chi connectivity index (χ0n) is 18.5. The van der Waals surface area contributed by atoms with Crippen molar-refractivity contribution in [2.45, 2.75) is 37.8 Å². The summed E-state index contributed by atoms with van der Waals surface area (Å²) < 4.78 is 17.2. The van der Waals surface area contributed by atoms with Crippen LogP contribution in [-0.2, 0) is 28.6 Å². The highest BCUT2D eigenvalue weighted by Gasteiger charge is 2.75. The van der Waals surface area contributed by atoms with E-state index in [1.54, 1.807) is 13.8 Å². The standard InChI is InChI=1S/C25H26BrNO6/c1-3-31-22(29)25(23(30)32-4-2)19(17-11-8-12-18(26)15-17)24(13-14-33-21(24)28)27-20(25)16-9-6-5-7-10-16/h5-12,15,19-20,27H,3-4,13-14H2,1-2H3/t19?,20-,24-/m1/s1. The van der Waals surface area contributed by atoms with E-state index in [2.05, 4.69) is 21.2 Å². The molecule has 2 heterocycles. The third kappa shape index (κ3) is 3.65. The summed E-state index contributed by atoms with van der Waals surface area (Å²) in [6.45, 7) is 3.70. The Balaban J connectivity index is 2.07. The van der Waals surface area contributed by atoms with Crippen molar-refractivity contribution in [3.63, 3.8) is 0 Å². The van der Waals surface area contributed by atoms with Gasteiger partial charge in [-0.2, -0.15) is 0 Å². The van der Waals surface area contributed by atoms with Crippen LogP contribution in [0.2, 0.25) is 0 Å². The minimum atomic E-state index is -1.85. The van der Waals surface area contributed by atoms with Crippen LogP contribution in [0.25, 0.3) is 0 Å². The molecule has 2 saturated heterocycles. The Labute approximate surface area is 200 Å². The molecule has 2 fully saturated rings. The summed E-state index contributed by atoms with van der Waals surface area (Å²) in [6, 6.07) is 15.6. The number of halogens is 1. The molecule has 0 radical (unpaired) electrons.